The van der Waals surface area contributed by atoms with Gasteiger partial charge >= 0.3 is 0 Å². The number of rotatable bonds is 6. The second-order valence-electron chi connectivity index (χ2n) is 2.54. The second-order valence-corrected chi connectivity index (χ2v) is 4.26. The third-order valence-corrected chi connectivity index (χ3v) is 2.32. The fraction of sp³-hybridized carbons (Fsp3) is 0.250. The highest BCUT2D eigenvalue weighted by Crippen LogP contribution is 1.95. The second kappa shape index (κ2) is 6.23. The van der Waals surface area contributed by atoms with Crippen LogP contribution in [0.25, 0.3) is 0 Å². The Kier molecular flexibility index (Phi) is 5.68. The van der Waals surface area contributed by atoms with E-state index >= 15 is 0 Å². The van der Waals surface area contributed by atoms with Crippen molar-refractivity contribution in [1.82, 2.24) is 0 Å². The van der Waals surface area contributed by atoms with E-state index in [4.69, 9.17) is 11.5 Å². The molecule has 0 rings (SSSR count). The molecule has 6 nitrogen and oxygen atoms in total. The molecule has 0 aromatic rings. The van der Waals surface area contributed by atoms with E-state index < -0.39 is 21.4 Å². The van der Waals surface area contributed by atoms with E-state index in [9.17, 15) is 18.0 Å². The molecule has 7 heteroatoms. The molecule has 0 aromatic carbocycles. The summed E-state index contributed by atoms with van der Waals surface area (Å²) in [5.41, 5.74) is 9.92. The fourth-order valence-corrected chi connectivity index (χ4v) is 1.30. The number of hydrogen-bond acceptors (Lipinski definition) is 6. The molecule has 0 bridgehead atoms. The summed E-state index contributed by atoms with van der Waals surface area (Å²) in [5, 5.41) is 1.37. The van der Waals surface area contributed by atoms with E-state index in [1.54, 1.807) is 0 Å². The number of ketones is 2. The smallest absolute Gasteiger partial charge is 0.193 e. The van der Waals surface area contributed by atoms with Crippen molar-refractivity contribution < 1.29 is 18.0 Å². The van der Waals surface area contributed by atoms with Crippen molar-refractivity contribution in [2.45, 2.75) is 0 Å². The van der Waals surface area contributed by atoms with Crippen LogP contribution in [0.1, 0.15) is 0 Å². The van der Waals surface area contributed by atoms with Crippen LogP contribution >= 0.6 is 0 Å². The largest absolute Gasteiger partial charge is 0.324 e. The predicted molar refractivity (Wildman–Crippen MR) is 55.3 cm³/mol. The average Bonchev–Trinajstić information content (AvgIpc) is 2.22. The highest BCUT2D eigenvalue weighted by atomic mass is 32.2. The SMILES string of the molecule is NCC(=O)C=CS(=O)(=O)C=CC(=O)CN. The van der Waals surface area contributed by atoms with Gasteiger partial charge in [-0.15, -0.1) is 0 Å². The molecular formula is C8H12N2O4S. The zero-order valence-corrected chi connectivity index (χ0v) is 8.74. The number of carbonyl (C=O) groups excluding carboxylic acids is 2. The first-order chi connectivity index (χ1) is 6.91. The van der Waals surface area contributed by atoms with E-state index in [2.05, 4.69) is 0 Å². The van der Waals surface area contributed by atoms with Gasteiger partial charge in [0.25, 0.3) is 0 Å². The highest BCUT2D eigenvalue weighted by molar-refractivity contribution is 7.97. The molecule has 0 radical (unpaired) electrons. The van der Waals surface area contributed by atoms with Gasteiger partial charge in [-0.1, -0.05) is 0 Å². The maximum absolute atomic E-state index is 11.1. The van der Waals surface area contributed by atoms with E-state index in [1.165, 1.54) is 0 Å². The van der Waals surface area contributed by atoms with Gasteiger partial charge in [0.2, 0.25) is 0 Å². The minimum Gasteiger partial charge on any atom is -0.324 e. The highest BCUT2D eigenvalue weighted by Gasteiger charge is 2.02. The first kappa shape index (κ1) is 13.7. The Hall–Kier alpha value is -1.31. The average molecular weight is 232 g/mol. The normalized spacial score (nSPS) is 12.4. The molecule has 0 aliphatic carbocycles. The van der Waals surface area contributed by atoms with Gasteiger partial charge in [-0.05, 0) is 12.2 Å². The van der Waals surface area contributed by atoms with Crippen LogP contribution in [-0.4, -0.2) is 33.1 Å². The van der Waals surface area contributed by atoms with Gasteiger partial charge in [-0.25, -0.2) is 8.42 Å². The van der Waals surface area contributed by atoms with Crippen molar-refractivity contribution in [3.05, 3.63) is 23.0 Å². The summed E-state index contributed by atoms with van der Waals surface area (Å²) >= 11 is 0. The van der Waals surface area contributed by atoms with Crippen LogP contribution in [-0.2, 0) is 19.4 Å². The van der Waals surface area contributed by atoms with Crippen molar-refractivity contribution in [3.8, 4) is 0 Å². The van der Waals surface area contributed by atoms with Crippen LogP contribution in [0.15, 0.2) is 23.0 Å². The van der Waals surface area contributed by atoms with Crippen LogP contribution in [0.5, 0.6) is 0 Å². The Morgan fingerprint density at radius 3 is 1.53 bits per heavy atom. The molecule has 0 saturated carbocycles. The molecule has 0 aliphatic rings. The third-order valence-electron chi connectivity index (χ3n) is 1.29. The summed E-state index contributed by atoms with van der Waals surface area (Å²) in [7, 11) is -3.71. The van der Waals surface area contributed by atoms with Gasteiger partial charge in [0.05, 0.1) is 13.1 Å². The summed E-state index contributed by atoms with van der Waals surface area (Å²) in [6.45, 7) is -0.533. The zero-order valence-electron chi connectivity index (χ0n) is 7.92. The Labute approximate surface area is 87.5 Å². The van der Waals surface area contributed by atoms with Crippen molar-refractivity contribution in [3.63, 3.8) is 0 Å². The first-order valence-electron chi connectivity index (χ1n) is 3.98. The summed E-state index contributed by atoms with van der Waals surface area (Å²) < 4.78 is 22.2. The summed E-state index contributed by atoms with van der Waals surface area (Å²) in [6.07, 6.45) is 1.68. The number of nitrogens with two attached hydrogens (primary N) is 2. The van der Waals surface area contributed by atoms with Crippen molar-refractivity contribution in [2.75, 3.05) is 13.1 Å². The number of sulfone groups is 1. The monoisotopic (exact) mass is 232 g/mol. The molecule has 0 atom stereocenters. The van der Waals surface area contributed by atoms with Crippen molar-refractivity contribution >= 4 is 21.4 Å². The van der Waals surface area contributed by atoms with Gasteiger partial charge in [0.15, 0.2) is 21.4 Å². The van der Waals surface area contributed by atoms with Gasteiger partial charge in [0, 0.05) is 10.8 Å². The number of carbonyl (C=O) groups is 2. The lowest BCUT2D eigenvalue weighted by molar-refractivity contribution is -0.114. The number of hydrogen-bond donors (Lipinski definition) is 2. The molecule has 0 aromatic heterocycles. The quantitative estimate of drug-likeness (QED) is 0.537. The molecule has 0 unspecified atom stereocenters. The molecule has 15 heavy (non-hydrogen) atoms. The Bertz CT molecular complexity index is 363. The van der Waals surface area contributed by atoms with E-state index in [1.807, 2.05) is 0 Å². The van der Waals surface area contributed by atoms with E-state index in [0.29, 0.717) is 10.8 Å². The van der Waals surface area contributed by atoms with Gasteiger partial charge in [-0.2, -0.15) is 0 Å². The maximum Gasteiger partial charge on any atom is 0.193 e. The first-order valence-corrected chi connectivity index (χ1v) is 5.59. The van der Waals surface area contributed by atoms with Gasteiger partial charge in [0.1, 0.15) is 0 Å². The minimum absolute atomic E-state index is 0.266. The third kappa shape index (κ3) is 6.72. The van der Waals surface area contributed by atoms with Crippen molar-refractivity contribution in [1.29, 1.82) is 0 Å². The molecule has 0 heterocycles. The van der Waals surface area contributed by atoms with Gasteiger partial charge in [-0.3, -0.25) is 9.59 Å². The van der Waals surface area contributed by atoms with Crippen LogP contribution in [0, 0.1) is 0 Å². The summed E-state index contributed by atoms with van der Waals surface area (Å²) in [5.74, 6) is -1.03. The lowest BCUT2D eigenvalue weighted by Gasteiger charge is -1.89. The molecular weight excluding hydrogens is 220 g/mol. The van der Waals surface area contributed by atoms with Crippen LogP contribution in [0.3, 0.4) is 0 Å². The Morgan fingerprint density at radius 1 is 0.933 bits per heavy atom. The fourth-order valence-electron chi connectivity index (χ4n) is 0.523. The van der Waals surface area contributed by atoms with Crippen LogP contribution in [0.4, 0.5) is 0 Å². The van der Waals surface area contributed by atoms with Crippen LogP contribution in [0.2, 0.25) is 0 Å². The van der Waals surface area contributed by atoms with Crippen molar-refractivity contribution in [2.24, 2.45) is 11.5 Å². The summed E-state index contributed by atoms with van der Waals surface area (Å²) in [6, 6.07) is 0. The lowest BCUT2D eigenvalue weighted by Crippen LogP contribution is -2.11. The molecule has 0 amide bonds. The molecule has 0 aliphatic heterocycles. The molecule has 4 N–H and O–H groups in total. The molecule has 0 spiro atoms. The molecule has 84 valence electrons. The molecule has 0 fully saturated rings. The van der Waals surface area contributed by atoms with Crippen LogP contribution < -0.4 is 11.5 Å². The minimum atomic E-state index is -3.71. The lowest BCUT2D eigenvalue weighted by atomic mass is 10.4. The Balaban J connectivity index is 4.58. The maximum atomic E-state index is 11.1. The summed E-state index contributed by atoms with van der Waals surface area (Å²) in [4.78, 5) is 21.3. The zero-order chi connectivity index (χ0) is 11.9. The predicted octanol–water partition coefficient (Wildman–Crippen LogP) is -1.52. The van der Waals surface area contributed by atoms with E-state index in [0.717, 1.165) is 12.2 Å². The van der Waals surface area contributed by atoms with Gasteiger partial charge < -0.3 is 11.5 Å². The van der Waals surface area contributed by atoms with E-state index in [-0.39, 0.29) is 13.1 Å². The standard InChI is InChI=1S/C8H12N2O4S/c9-5-7(11)1-3-15(13,14)4-2-8(12)6-10/h1-4H,5-6,9-10H2. The molecule has 0 saturated heterocycles. The Morgan fingerprint density at radius 2 is 1.27 bits per heavy atom. The topological polar surface area (TPSA) is 120 Å².